The molecule has 1 aromatic heterocycles. The lowest BCUT2D eigenvalue weighted by molar-refractivity contribution is 0.0589. The van der Waals surface area contributed by atoms with E-state index in [1.807, 2.05) is 46.8 Å². The van der Waals surface area contributed by atoms with Crippen LogP contribution in [0.3, 0.4) is 0 Å². The van der Waals surface area contributed by atoms with Gasteiger partial charge in [-0.05, 0) is 82.9 Å². The molecule has 192 valence electrons. The average Bonchev–Trinajstić information content (AvgIpc) is 3.11. The second-order valence-corrected chi connectivity index (χ2v) is 11.3. The van der Waals surface area contributed by atoms with E-state index in [2.05, 4.69) is 25.9 Å². The summed E-state index contributed by atoms with van der Waals surface area (Å²) in [6.45, 7) is 16.1. The van der Waals surface area contributed by atoms with Crippen molar-refractivity contribution in [2.45, 2.75) is 86.7 Å². The molecule has 0 spiro atoms. The summed E-state index contributed by atoms with van der Waals surface area (Å²) in [4.78, 5) is 19.3. The van der Waals surface area contributed by atoms with Crippen LogP contribution in [0.5, 0.6) is 0 Å². The van der Waals surface area contributed by atoms with E-state index < -0.39 is 11.7 Å². The Bertz CT molecular complexity index is 1120. The minimum absolute atomic E-state index is 0.161. The molecule has 1 aromatic carbocycles. The lowest BCUT2D eigenvalue weighted by Crippen LogP contribution is -2.34. The summed E-state index contributed by atoms with van der Waals surface area (Å²) in [5.41, 5.74) is 6.64. The molecule has 0 saturated heterocycles. The van der Waals surface area contributed by atoms with E-state index in [-0.39, 0.29) is 12.3 Å². The van der Waals surface area contributed by atoms with Gasteiger partial charge in [0.2, 0.25) is 0 Å². The Morgan fingerprint density at radius 2 is 1.89 bits per heavy atom. The fraction of sp³-hybridized carbons (Fsp3) is 0.593. The average molecular weight is 503 g/mol. The molecule has 3 rings (SSSR count). The van der Waals surface area contributed by atoms with Crippen molar-refractivity contribution in [1.29, 1.82) is 0 Å². The standard InChI is InChI=1S/C27H39FN4O2S/c1-10-11-21(25-20-13-16(2)17(3)14-24(20)32(30-25)35-28)29-22-15-23(19(5)12-18(22)4)31(9)26(33)34-27(6,7)8/h12,15-17H,10-11,13-14H2,1-9H3/t16-,17+/m0/s1. The highest BCUT2D eigenvalue weighted by atomic mass is 32.2. The fourth-order valence-electron chi connectivity index (χ4n) is 4.55. The second kappa shape index (κ2) is 10.7. The minimum Gasteiger partial charge on any atom is -0.443 e. The number of amides is 1. The molecular formula is C27H39FN4O2S. The van der Waals surface area contributed by atoms with Crippen molar-refractivity contribution < 1.29 is 13.4 Å². The van der Waals surface area contributed by atoms with E-state index in [1.54, 1.807) is 7.05 Å². The van der Waals surface area contributed by atoms with Gasteiger partial charge in [-0.3, -0.25) is 9.89 Å². The number of carbonyl (C=O) groups is 1. The highest BCUT2D eigenvalue weighted by molar-refractivity contribution is 7.92. The van der Waals surface area contributed by atoms with Crippen LogP contribution in [-0.2, 0) is 17.6 Å². The van der Waals surface area contributed by atoms with Crippen LogP contribution in [0.15, 0.2) is 17.1 Å². The Labute approximate surface area is 213 Å². The van der Waals surface area contributed by atoms with Gasteiger partial charge in [-0.25, -0.2) is 4.79 Å². The topological polar surface area (TPSA) is 59.7 Å². The van der Waals surface area contributed by atoms with E-state index >= 15 is 0 Å². The summed E-state index contributed by atoms with van der Waals surface area (Å²) in [6, 6.07) is 3.97. The Hall–Kier alpha value is -2.35. The van der Waals surface area contributed by atoms with Gasteiger partial charge in [-0.1, -0.05) is 33.3 Å². The van der Waals surface area contributed by atoms with Crippen molar-refractivity contribution in [3.8, 4) is 0 Å². The summed E-state index contributed by atoms with van der Waals surface area (Å²) in [5.74, 6) is 0.983. The van der Waals surface area contributed by atoms with Crippen molar-refractivity contribution in [3.63, 3.8) is 0 Å². The first kappa shape index (κ1) is 27.2. The molecule has 2 atom stereocenters. The van der Waals surface area contributed by atoms with Crippen molar-refractivity contribution in [3.05, 3.63) is 40.2 Å². The first-order chi connectivity index (χ1) is 16.4. The van der Waals surface area contributed by atoms with Crippen molar-refractivity contribution in [1.82, 2.24) is 9.19 Å². The summed E-state index contributed by atoms with van der Waals surface area (Å²) in [7, 11) is 1.71. The fourth-order valence-corrected chi connectivity index (χ4v) is 4.93. The third kappa shape index (κ3) is 6.08. The Morgan fingerprint density at radius 1 is 1.23 bits per heavy atom. The summed E-state index contributed by atoms with van der Waals surface area (Å²) >= 11 is 0.161. The zero-order chi connectivity index (χ0) is 26.1. The zero-order valence-electron chi connectivity index (χ0n) is 22.5. The van der Waals surface area contributed by atoms with Gasteiger partial charge in [-0.15, -0.1) is 3.89 Å². The van der Waals surface area contributed by atoms with Gasteiger partial charge in [0, 0.05) is 12.6 Å². The Balaban J connectivity index is 2.08. The minimum atomic E-state index is -0.583. The predicted molar refractivity (Wildman–Crippen MR) is 144 cm³/mol. The molecule has 1 aliphatic carbocycles. The van der Waals surface area contributed by atoms with Gasteiger partial charge in [0.25, 0.3) is 0 Å². The quantitative estimate of drug-likeness (QED) is 0.383. The molecule has 1 amide bonds. The number of aromatic nitrogens is 2. The van der Waals surface area contributed by atoms with Crippen LogP contribution < -0.4 is 4.90 Å². The van der Waals surface area contributed by atoms with Crippen LogP contribution in [0.4, 0.5) is 20.1 Å². The van der Waals surface area contributed by atoms with Crippen LogP contribution in [0, 0.1) is 25.7 Å². The number of fused-ring (bicyclic) bond motifs is 1. The van der Waals surface area contributed by atoms with Crippen LogP contribution in [0.25, 0.3) is 0 Å². The molecular weight excluding hydrogens is 463 g/mol. The number of hydrogen-bond acceptors (Lipinski definition) is 5. The van der Waals surface area contributed by atoms with Crippen molar-refractivity contribution >= 4 is 35.5 Å². The van der Waals surface area contributed by atoms with Crippen LogP contribution in [-0.4, -0.2) is 33.6 Å². The van der Waals surface area contributed by atoms with Crippen LogP contribution >= 0.6 is 12.3 Å². The third-order valence-corrected chi connectivity index (χ3v) is 7.13. The largest absolute Gasteiger partial charge is 0.443 e. The second-order valence-electron chi connectivity index (χ2n) is 10.9. The molecule has 2 aromatic rings. The summed E-state index contributed by atoms with van der Waals surface area (Å²) < 4.78 is 20.8. The van der Waals surface area contributed by atoms with Crippen molar-refractivity contribution in [2.24, 2.45) is 16.8 Å². The maximum atomic E-state index is 13.8. The van der Waals surface area contributed by atoms with Gasteiger partial charge < -0.3 is 4.74 Å². The number of carbonyl (C=O) groups excluding carboxylic acids is 1. The molecule has 1 aliphatic rings. The lowest BCUT2D eigenvalue weighted by Gasteiger charge is -2.26. The van der Waals surface area contributed by atoms with E-state index in [9.17, 15) is 8.68 Å². The highest BCUT2D eigenvalue weighted by Crippen LogP contribution is 2.36. The van der Waals surface area contributed by atoms with E-state index in [0.717, 1.165) is 70.8 Å². The molecule has 0 N–H and O–H groups in total. The van der Waals surface area contributed by atoms with Crippen LogP contribution in [0.2, 0.25) is 0 Å². The molecule has 6 nitrogen and oxygen atoms in total. The molecule has 1 heterocycles. The summed E-state index contributed by atoms with van der Waals surface area (Å²) in [5, 5.41) is 4.66. The Morgan fingerprint density at radius 3 is 2.49 bits per heavy atom. The summed E-state index contributed by atoms with van der Waals surface area (Å²) in [6.07, 6.45) is 2.90. The van der Waals surface area contributed by atoms with Gasteiger partial charge >= 0.3 is 6.09 Å². The van der Waals surface area contributed by atoms with Gasteiger partial charge in [0.15, 0.2) is 12.3 Å². The molecule has 35 heavy (non-hydrogen) atoms. The normalized spacial score (nSPS) is 18.4. The maximum Gasteiger partial charge on any atom is 0.414 e. The van der Waals surface area contributed by atoms with Gasteiger partial charge in [-0.2, -0.15) is 9.19 Å². The number of anilines is 1. The number of rotatable bonds is 6. The maximum absolute atomic E-state index is 13.8. The lowest BCUT2D eigenvalue weighted by atomic mass is 9.79. The number of nitrogens with zero attached hydrogens (tertiary/aromatic N) is 4. The smallest absolute Gasteiger partial charge is 0.414 e. The molecule has 8 heteroatoms. The SMILES string of the molecule is CCCC(=Nc1cc(N(C)C(=O)OC(C)(C)C)c(C)cc1C)c1nn(SF)c2c1C[C@H](C)[C@H](C)C2. The zero-order valence-corrected chi connectivity index (χ0v) is 23.3. The highest BCUT2D eigenvalue weighted by Gasteiger charge is 2.31. The van der Waals surface area contributed by atoms with E-state index in [1.165, 1.54) is 8.99 Å². The van der Waals surface area contributed by atoms with E-state index in [0.29, 0.717) is 11.8 Å². The number of benzene rings is 1. The predicted octanol–water partition coefficient (Wildman–Crippen LogP) is 7.54. The number of aliphatic imine (C=N–C) groups is 1. The first-order valence-corrected chi connectivity index (χ1v) is 13.1. The number of aryl methyl sites for hydroxylation is 2. The van der Waals surface area contributed by atoms with Gasteiger partial charge in [0.05, 0.1) is 22.8 Å². The van der Waals surface area contributed by atoms with Crippen molar-refractivity contribution in [2.75, 3.05) is 11.9 Å². The van der Waals surface area contributed by atoms with Gasteiger partial charge in [0.1, 0.15) is 11.3 Å². The number of ether oxygens (including phenoxy) is 1. The van der Waals surface area contributed by atoms with Crippen LogP contribution in [0.1, 0.15) is 82.5 Å². The Kier molecular flexibility index (Phi) is 8.35. The third-order valence-electron chi connectivity index (χ3n) is 6.69. The molecule has 0 unspecified atom stereocenters. The van der Waals surface area contributed by atoms with E-state index in [4.69, 9.17) is 9.73 Å². The molecule has 0 bridgehead atoms. The molecule has 0 fully saturated rings. The molecule has 0 saturated carbocycles. The molecule has 0 radical (unpaired) electrons. The monoisotopic (exact) mass is 502 g/mol. The number of hydrogen-bond donors (Lipinski definition) is 0. The molecule has 0 aliphatic heterocycles. The first-order valence-electron chi connectivity index (χ1n) is 12.4. The number of halogens is 1.